The third-order valence-electron chi connectivity index (χ3n) is 2.99. The van der Waals surface area contributed by atoms with Crippen LogP contribution >= 0.6 is 11.8 Å². The van der Waals surface area contributed by atoms with Gasteiger partial charge in [-0.15, -0.1) is 0 Å². The molecule has 15 heavy (non-hydrogen) atoms. The molecule has 0 aromatic heterocycles. The molecule has 2 heteroatoms. The first kappa shape index (κ1) is 13.4. The van der Waals surface area contributed by atoms with Crippen molar-refractivity contribution in [2.24, 2.45) is 5.92 Å². The lowest BCUT2D eigenvalue weighted by atomic mass is 10.1. The maximum atomic E-state index is 3.71. The molecule has 0 atom stereocenters. The molecule has 1 nitrogen and oxygen atoms in total. The summed E-state index contributed by atoms with van der Waals surface area (Å²) in [7, 11) is 0. The highest BCUT2D eigenvalue weighted by molar-refractivity contribution is 7.99. The van der Waals surface area contributed by atoms with Crippen LogP contribution in [0.4, 0.5) is 0 Å². The van der Waals surface area contributed by atoms with Gasteiger partial charge in [-0.1, -0.05) is 39.5 Å². The van der Waals surface area contributed by atoms with Gasteiger partial charge in [-0.05, 0) is 24.5 Å². The fourth-order valence-corrected chi connectivity index (χ4v) is 3.04. The van der Waals surface area contributed by atoms with Gasteiger partial charge in [0.25, 0.3) is 0 Å². The van der Waals surface area contributed by atoms with E-state index >= 15 is 0 Å². The second kappa shape index (κ2) is 8.46. The van der Waals surface area contributed by atoms with E-state index in [0.717, 1.165) is 12.0 Å². The van der Waals surface area contributed by atoms with E-state index in [1.165, 1.54) is 56.6 Å². The molecule has 1 aliphatic rings. The zero-order chi connectivity index (χ0) is 10.9. The molecule has 0 aromatic carbocycles. The molecule has 1 N–H and O–H groups in total. The van der Waals surface area contributed by atoms with Crippen molar-refractivity contribution in [3.05, 3.63) is 0 Å². The SMILES string of the molecule is CC(C)CSCCNC1CCCCCC1. The third-order valence-corrected chi connectivity index (χ3v) is 4.38. The van der Waals surface area contributed by atoms with E-state index in [1.54, 1.807) is 0 Å². The Morgan fingerprint density at radius 1 is 1.13 bits per heavy atom. The molecule has 0 amide bonds. The van der Waals surface area contributed by atoms with Crippen LogP contribution in [0.15, 0.2) is 0 Å². The normalized spacial score (nSPS) is 19.4. The van der Waals surface area contributed by atoms with Gasteiger partial charge >= 0.3 is 0 Å². The second-order valence-electron chi connectivity index (χ2n) is 5.11. The van der Waals surface area contributed by atoms with Crippen LogP contribution < -0.4 is 5.32 Å². The fourth-order valence-electron chi connectivity index (χ4n) is 2.14. The van der Waals surface area contributed by atoms with Gasteiger partial charge in [-0.25, -0.2) is 0 Å². The summed E-state index contributed by atoms with van der Waals surface area (Å²) >= 11 is 2.09. The summed E-state index contributed by atoms with van der Waals surface area (Å²) in [6.45, 7) is 5.81. The predicted molar refractivity (Wildman–Crippen MR) is 71.7 cm³/mol. The summed E-state index contributed by atoms with van der Waals surface area (Å²) in [5, 5.41) is 3.71. The molecular weight excluding hydrogens is 202 g/mol. The van der Waals surface area contributed by atoms with Crippen LogP contribution in [0.1, 0.15) is 52.4 Å². The number of rotatable bonds is 6. The zero-order valence-electron chi connectivity index (χ0n) is 10.4. The quantitative estimate of drug-likeness (QED) is 0.551. The Labute approximate surface area is 99.8 Å². The van der Waals surface area contributed by atoms with Crippen molar-refractivity contribution in [1.29, 1.82) is 0 Å². The average Bonchev–Trinajstić information content (AvgIpc) is 2.45. The Kier molecular flexibility index (Phi) is 7.54. The largest absolute Gasteiger partial charge is 0.313 e. The van der Waals surface area contributed by atoms with E-state index in [1.807, 2.05) is 0 Å². The van der Waals surface area contributed by atoms with Crippen molar-refractivity contribution >= 4 is 11.8 Å². The monoisotopic (exact) mass is 229 g/mol. The molecule has 0 saturated heterocycles. The van der Waals surface area contributed by atoms with Crippen LogP contribution in [0.5, 0.6) is 0 Å². The summed E-state index contributed by atoms with van der Waals surface area (Å²) in [5.74, 6) is 3.44. The second-order valence-corrected chi connectivity index (χ2v) is 6.26. The van der Waals surface area contributed by atoms with Gasteiger partial charge in [0.05, 0.1) is 0 Å². The minimum absolute atomic E-state index is 0.826. The van der Waals surface area contributed by atoms with Crippen LogP contribution in [0.25, 0.3) is 0 Å². The number of hydrogen-bond donors (Lipinski definition) is 1. The highest BCUT2D eigenvalue weighted by Crippen LogP contribution is 2.17. The maximum absolute atomic E-state index is 3.71. The molecule has 90 valence electrons. The number of hydrogen-bond acceptors (Lipinski definition) is 2. The third kappa shape index (κ3) is 7.24. The molecule has 0 aromatic rings. The van der Waals surface area contributed by atoms with Crippen molar-refractivity contribution < 1.29 is 0 Å². The standard InChI is InChI=1S/C13H27NS/c1-12(2)11-15-10-9-14-13-7-5-3-4-6-8-13/h12-14H,3-11H2,1-2H3. The van der Waals surface area contributed by atoms with Crippen molar-refractivity contribution in [3.63, 3.8) is 0 Å². The number of nitrogens with one attached hydrogen (secondary N) is 1. The Balaban J connectivity index is 1.94. The first-order valence-electron chi connectivity index (χ1n) is 6.60. The van der Waals surface area contributed by atoms with Crippen LogP contribution in [-0.4, -0.2) is 24.1 Å². The molecular formula is C13H27NS. The first-order chi connectivity index (χ1) is 7.29. The van der Waals surface area contributed by atoms with E-state index < -0.39 is 0 Å². The van der Waals surface area contributed by atoms with Crippen molar-refractivity contribution in [1.82, 2.24) is 5.32 Å². The summed E-state index contributed by atoms with van der Waals surface area (Å²) in [5.41, 5.74) is 0. The van der Waals surface area contributed by atoms with Crippen molar-refractivity contribution in [3.8, 4) is 0 Å². The molecule has 1 saturated carbocycles. The maximum Gasteiger partial charge on any atom is 0.00673 e. The minimum Gasteiger partial charge on any atom is -0.313 e. The molecule has 0 heterocycles. The van der Waals surface area contributed by atoms with Crippen LogP contribution in [0.2, 0.25) is 0 Å². The molecule has 1 rings (SSSR count). The van der Waals surface area contributed by atoms with Gasteiger partial charge in [0, 0.05) is 18.3 Å². The Morgan fingerprint density at radius 2 is 1.80 bits per heavy atom. The molecule has 1 fully saturated rings. The summed E-state index contributed by atoms with van der Waals surface area (Å²) in [6, 6.07) is 0.826. The lowest BCUT2D eigenvalue weighted by Crippen LogP contribution is -2.30. The topological polar surface area (TPSA) is 12.0 Å². The highest BCUT2D eigenvalue weighted by atomic mass is 32.2. The molecule has 0 radical (unpaired) electrons. The van der Waals surface area contributed by atoms with Gasteiger partial charge in [-0.3, -0.25) is 0 Å². The van der Waals surface area contributed by atoms with E-state index in [2.05, 4.69) is 30.9 Å². The van der Waals surface area contributed by atoms with Gasteiger partial charge in [-0.2, -0.15) is 11.8 Å². The van der Waals surface area contributed by atoms with Gasteiger partial charge in [0.15, 0.2) is 0 Å². The van der Waals surface area contributed by atoms with E-state index in [0.29, 0.717) is 0 Å². The Morgan fingerprint density at radius 3 is 2.40 bits per heavy atom. The van der Waals surface area contributed by atoms with Crippen LogP contribution in [0.3, 0.4) is 0 Å². The molecule has 0 unspecified atom stereocenters. The van der Waals surface area contributed by atoms with Gasteiger partial charge < -0.3 is 5.32 Å². The Hall–Kier alpha value is 0.310. The van der Waals surface area contributed by atoms with Crippen molar-refractivity contribution in [2.45, 2.75) is 58.4 Å². The highest BCUT2D eigenvalue weighted by Gasteiger charge is 2.10. The van der Waals surface area contributed by atoms with E-state index in [9.17, 15) is 0 Å². The summed E-state index contributed by atoms with van der Waals surface area (Å²) < 4.78 is 0. The summed E-state index contributed by atoms with van der Waals surface area (Å²) in [4.78, 5) is 0. The predicted octanol–water partition coefficient (Wildman–Crippen LogP) is 3.69. The summed E-state index contributed by atoms with van der Waals surface area (Å²) in [6.07, 6.45) is 8.62. The first-order valence-corrected chi connectivity index (χ1v) is 7.75. The molecule has 0 aliphatic heterocycles. The fraction of sp³-hybridized carbons (Fsp3) is 1.00. The van der Waals surface area contributed by atoms with Crippen molar-refractivity contribution in [2.75, 3.05) is 18.1 Å². The molecule has 1 aliphatic carbocycles. The molecule has 0 bridgehead atoms. The zero-order valence-corrected chi connectivity index (χ0v) is 11.2. The lowest BCUT2D eigenvalue weighted by molar-refractivity contribution is 0.474. The van der Waals surface area contributed by atoms with Gasteiger partial charge in [0.1, 0.15) is 0 Å². The lowest BCUT2D eigenvalue weighted by Gasteiger charge is -2.16. The Bertz CT molecular complexity index is 139. The van der Waals surface area contributed by atoms with Crippen LogP contribution in [-0.2, 0) is 0 Å². The number of thioether (sulfide) groups is 1. The smallest absolute Gasteiger partial charge is 0.00673 e. The van der Waals surface area contributed by atoms with Gasteiger partial charge in [0.2, 0.25) is 0 Å². The van der Waals surface area contributed by atoms with E-state index in [4.69, 9.17) is 0 Å². The van der Waals surface area contributed by atoms with E-state index in [-0.39, 0.29) is 0 Å². The average molecular weight is 229 g/mol. The van der Waals surface area contributed by atoms with Crippen LogP contribution in [0, 0.1) is 5.92 Å². The molecule has 0 spiro atoms. The minimum atomic E-state index is 0.826.